The summed E-state index contributed by atoms with van der Waals surface area (Å²) in [5.74, 6) is -6.05. The third-order valence-corrected chi connectivity index (χ3v) is 3.01. The summed E-state index contributed by atoms with van der Waals surface area (Å²) in [6.07, 6.45) is -4.95. The Bertz CT molecular complexity index is 425. The van der Waals surface area contributed by atoms with Gasteiger partial charge in [0, 0.05) is 13.8 Å². The smallest absolute Gasteiger partial charge is 0.259 e. The molecule has 5 atom stereocenters. The molecule has 0 saturated carbocycles. The first-order valence-corrected chi connectivity index (χ1v) is 5.84. The van der Waals surface area contributed by atoms with Crippen molar-refractivity contribution in [1.29, 1.82) is 0 Å². The number of hydrogen-bond acceptors (Lipinski definition) is 8. The van der Waals surface area contributed by atoms with Crippen molar-refractivity contribution in [3.05, 3.63) is 0 Å². The van der Waals surface area contributed by atoms with Crippen molar-refractivity contribution in [2.24, 2.45) is 0 Å². The van der Waals surface area contributed by atoms with Gasteiger partial charge in [0.25, 0.3) is 11.6 Å². The summed E-state index contributed by atoms with van der Waals surface area (Å²) in [5, 5.41) is 40.8. The number of ketones is 2. The van der Waals surface area contributed by atoms with E-state index in [0.717, 1.165) is 13.8 Å². The van der Waals surface area contributed by atoms with Crippen molar-refractivity contribution in [2.75, 3.05) is 6.61 Å². The van der Waals surface area contributed by atoms with Gasteiger partial charge in [-0.15, -0.1) is 0 Å². The van der Waals surface area contributed by atoms with Crippen LogP contribution in [0.4, 0.5) is 0 Å². The van der Waals surface area contributed by atoms with Gasteiger partial charge >= 0.3 is 0 Å². The Balaban J connectivity index is 3.22. The van der Waals surface area contributed by atoms with Crippen LogP contribution in [0.3, 0.4) is 0 Å². The molecule has 0 aromatic carbocycles. The molecule has 1 aliphatic rings. The van der Waals surface area contributed by atoms with E-state index < -0.39 is 54.2 Å². The quantitative estimate of drug-likeness (QED) is 0.334. The summed E-state index contributed by atoms with van der Waals surface area (Å²) in [7, 11) is 0. The van der Waals surface area contributed by atoms with E-state index in [1.807, 2.05) is 0 Å². The molecule has 0 bridgehead atoms. The minimum absolute atomic E-state index is 0.720. The second kappa shape index (κ2) is 5.94. The van der Waals surface area contributed by atoms with E-state index in [4.69, 9.17) is 9.84 Å². The van der Waals surface area contributed by atoms with Gasteiger partial charge in [-0.1, -0.05) is 0 Å². The van der Waals surface area contributed by atoms with E-state index in [0.29, 0.717) is 0 Å². The molecular formula is C11H17NO8. The van der Waals surface area contributed by atoms with Gasteiger partial charge in [0.15, 0.2) is 0 Å². The summed E-state index contributed by atoms with van der Waals surface area (Å²) in [5.41, 5.74) is 0. The molecule has 1 fully saturated rings. The average molecular weight is 291 g/mol. The lowest BCUT2D eigenvalue weighted by Crippen LogP contribution is -2.73. The molecule has 9 nitrogen and oxygen atoms in total. The van der Waals surface area contributed by atoms with E-state index in [1.54, 1.807) is 0 Å². The highest BCUT2D eigenvalue weighted by Crippen LogP contribution is 2.29. The van der Waals surface area contributed by atoms with Crippen LogP contribution >= 0.6 is 0 Å². The molecule has 0 radical (unpaired) electrons. The number of carbonyl (C=O) groups is 3. The maximum absolute atomic E-state index is 11.8. The molecule has 1 amide bonds. The highest BCUT2D eigenvalue weighted by Gasteiger charge is 2.58. The number of nitrogens with one attached hydrogen (secondary N) is 1. The summed E-state index contributed by atoms with van der Waals surface area (Å²) in [4.78, 5) is 34.0. The minimum Gasteiger partial charge on any atom is -0.394 e. The molecule has 1 unspecified atom stereocenters. The average Bonchev–Trinajstić information content (AvgIpc) is 2.37. The Morgan fingerprint density at radius 2 is 1.75 bits per heavy atom. The minimum atomic E-state index is -2.86. The molecule has 9 heteroatoms. The van der Waals surface area contributed by atoms with Gasteiger partial charge in [0.1, 0.15) is 24.4 Å². The predicted molar refractivity (Wildman–Crippen MR) is 62.2 cm³/mol. The van der Waals surface area contributed by atoms with Crippen LogP contribution in [0.2, 0.25) is 0 Å². The van der Waals surface area contributed by atoms with E-state index >= 15 is 0 Å². The zero-order valence-corrected chi connectivity index (χ0v) is 10.9. The lowest BCUT2D eigenvalue weighted by Gasteiger charge is -2.46. The lowest BCUT2D eigenvalue weighted by atomic mass is 9.86. The van der Waals surface area contributed by atoms with E-state index in [9.17, 15) is 29.7 Å². The highest BCUT2D eigenvalue weighted by atomic mass is 16.7. The first-order valence-electron chi connectivity index (χ1n) is 5.84. The van der Waals surface area contributed by atoms with Gasteiger partial charge in [-0.25, -0.2) is 0 Å². The number of amides is 1. The number of rotatable bonds is 4. The molecule has 1 saturated heterocycles. The largest absolute Gasteiger partial charge is 0.394 e. The second-order valence-corrected chi connectivity index (χ2v) is 4.58. The molecule has 1 aliphatic heterocycles. The van der Waals surface area contributed by atoms with Crippen molar-refractivity contribution < 1.29 is 39.5 Å². The van der Waals surface area contributed by atoms with Gasteiger partial charge in [-0.05, 0) is 0 Å². The van der Waals surface area contributed by atoms with Crippen molar-refractivity contribution in [2.45, 2.75) is 44.0 Å². The van der Waals surface area contributed by atoms with Crippen LogP contribution in [0.1, 0.15) is 13.8 Å². The zero-order valence-electron chi connectivity index (χ0n) is 10.9. The predicted octanol–water partition coefficient (Wildman–Crippen LogP) is -3.55. The first kappa shape index (κ1) is 16.7. The number of ether oxygens (including phenoxy) is 1. The number of hydrogen-bond donors (Lipinski definition) is 5. The fourth-order valence-electron chi connectivity index (χ4n) is 2.02. The first-order chi connectivity index (χ1) is 9.15. The SMILES string of the molecule is CC(=O)N[C@@H]1[C@@H](O)[C@H](O)[C@@H](CO)OC1(O)C(=O)C(C)=O. The van der Waals surface area contributed by atoms with Crippen LogP contribution in [-0.2, 0) is 19.1 Å². The van der Waals surface area contributed by atoms with Crippen molar-refractivity contribution >= 4 is 17.5 Å². The molecule has 5 N–H and O–H groups in total. The van der Waals surface area contributed by atoms with Crippen molar-refractivity contribution in [1.82, 2.24) is 5.32 Å². The lowest BCUT2D eigenvalue weighted by molar-refractivity contribution is -0.300. The van der Waals surface area contributed by atoms with Crippen LogP contribution in [0.15, 0.2) is 0 Å². The number of aliphatic hydroxyl groups is 4. The molecule has 0 aromatic heterocycles. The molecular weight excluding hydrogens is 274 g/mol. The fourth-order valence-corrected chi connectivity index (χ4v) is 2.02. The van der Waals surface area contributed by atoms with Crippen molar-refractivity contribution in [3.63, 3.8) is 0 Å². The standard InChI is InChI=1S/C11H17NO8/c1-4(14)10(18)11(19)9(12-5(2)15)8(17)7(16)6(3-13)20-11/h6-9,13,16-17,19H,3H2,1-2H3,(H,12,15)/t6-,7-,8+,9-,11?/m1/s1. The summed E-state index contributed by atoms with van der Waals surface area (Å²) < 4.78 is 4.85. The molecule has 114 valence electrons. The fraction of sp³-hybridized carbons (Fsp3) is 0.727. The molecule has 0 aromatic rings. The van der Waals surface area contributed by atoms with Crippen LogP contribution in [0.25, 0.3) is 0 Å². The van der Waals surface area contributed by atoms with Gasteiger partial charge in [-0.3, -0.25) is 14.4 Å². The van der Waals surface area contributed by atoms with E-state index in [2.05, 4.69) is 5.32 Å². The third-order valence-electron chi connectivity index (χ3n) is 3.01. The van der Waals surface area contributed by atoms with Gasteiger partial charge in [-0.2, -0.15) is 0 Å². The Kier molecular flexibility index (Phi) is 4.95. The molecule has 0 aliphatic carbocycles. The van der Waals surface area contributed by atoms with Gasteiger partial charge in [0.2, 0.25) is 11.7 Å². The van der Waals surface area contributed by atoms with Crippen LogP contribution in [0.5, 0.6) is 0 Å². The number of aliphatic hydroxyl groups excluding tert-OH is 3. The monoisotopic (exact) mass is 291 g/mol. The molecule has 1 rings (SSSR count). The van der Waals surface area contributed by atoms with Gasteiger partial charge < -0.3 is 30.5 Å². The second-order valence-electron chi connectivity index (χ2n) is 4.58. The summed E-state index contributed by atoms with van der Waals surface area (Å²) in [6, 6.07) is -1.74. The Morgan fingerprint density at radius 3 is 2.15 bits per heavy atom. The number of carbonyl (C=O) groups excluding carboxylic acids is 3. The maximum Gasteiger partial charge on any atom is 0.259 e. The Hall–Kier alpha value is -1.39. The third kappa shape index (κ3) is 2.86. The van der Waals surface area contributed by atoms with E-state index in [1.165, 1.54) is 0 Å². The zero-order chi connectivity index (χ0) is 15.7. The normalized spacial score (nSPS) is 37.3. The molecule has 0 spiro atoms. The topological polar surface area (TPSA) is 153 Å². The van der Waals surface area contributed by atoms with Gasteiger partial charge in [0.05, 0.1) is 6.61 Å². The highest BCUT2D eigenvalue weighted by molar-refractivity contribution is 6.39. The van der Waals surface area contributed by atoms with Crippen molar-refractivity contribution in [3.8, 4) is 0 Å². The Morgan fingerprint density at radius 1 is 1.20 bits per heavy atom. The Labute approximate surface area is 114 Å². The van der Waals surface area contributed by atoms with Crippen LogP contribution in [0, 0.1) is 0 Å². The molecule has 20 heavy (non-hydrogen) atoms. The number of Topliss-reactive ketones (excluding diaryl/α,β-unsaturated/α-hetero) is 2. The molecule has 1 heterocycles. The summed E-state index contributed by atoms with van der Waals surface area (Å²) >= 11 is 0. The van der Waals surface area contributed by atoms with Crippen LogP contribution < -0.4 is 5.32 Å². The van der Waals surface area contributed by atoms with Crippen LogP contribution in [-0.4, -0.2) is 74.6 Å². The summed E-state index contributed by atoms with van der Waals surface area (Å²) in [6.45, 7) is 1.12. The van der Waals surface area contributed by atoms with E-state index in [-0.39, 0.29) is 0 Å². The maximum atomic E-state index is 11.8.